The maximum absolute atomic E-state index is 12.4. The maximum atomic E-state index is 12.4. The maximum Gasteiger partial charge on any atom is 0.311 e. The fourth-order valence-electron chi connectivity index (χ4n) is 3.90. The standard InChI is InChI=1S/C25H29N5O4/c1-5-33-19-13-17(10-11-18(19)21-26-22-20(23(31)27-21)28-30-29-22)16-9-7-8-15(12-16)14-25(3,4)24(32)34-6-2/h7-13,28,30H,5-6,14H2,1-4H3,(H2,26,27,29,31). The van der Waals surface area contributed by atoms with Gasteiger partial charge in [-0.25, -0.2) is 4.98 Å². The smallest absolute Gasteiger partial charge is 0.311 e. The molecule has 0 saturated carbocycles. The van der Waals surface area contributed by atoms with Crippen molar-refractivity contribution in [2.24, 2.45) is 5.41 Å². The summed E-state index contributed by atoms with van der Waals surface area (Å²) in [6.45, 7) is 8.33. The number of fused-ring (bicyclic) bond motifs is 1. The monoisotopic (exact) mass is 463 g/mol. The zero-order valence-corrected chi connectivity index (χ0v) is 19.7. The average molecular weight is 464 g/mol. The Morgan fingerprint density at radius 3 is 2.59 bits per heavy atom. The molecule has 4 N–H and O–H groups in total. The molecule has 0 spiro atoms. The van der Waals surface area contributed by atoms with Gasteiger partial charge in [0.25, 0.3) is 5.56 Å². The molecule has 0 saturated heterocycles. The highest BCUT2D eigenvalue weighted by Crippen LogP contribution is 2.34. The minimum atomic E-state index is -0.627. The Labute approximate surface area is 197 Å². The lowest BCUT2D eigenvalue weighted by Crippen LogP contribution is -2.29. The van der Waals surface area contributed by atoms with E-state index in [1.807, 2.05) is 64.1 Å². The fraction of sp³-hybridized carbons (Fsp3) is 0.320. The van der Waals surface area contributed by atoms with E-state index in [4.69, 9.17) is 9.47 Å². The highest BCUT2D eigenvalue weighted by atomic mass is 16.5. The highest BCUT2D eigenvalue weighted by molar-refractivity contribution is 5.77. The molecule has 0 radical (unpaired) electrons. The highest BCUT2D eigenvalue weighted by Gasteiger charge is 2.29. The van der Waals surface area contributed by atoms with Crippen LogP contribution in [-0.4, -0.2) is 29.2 Å². The van der Waals surface area contributed by atoms with Crippen LogP contribution < -0.4 is 26.7 Å². The summed E-state index contributed by atoms with van der Waals surface area (Å²) in [7, 11) is 0. The minimum absolute atomic E-state index is 0.209. The number of benzene rings is 2. The van der Waals surface area contributed by atoms with Crippen molar-refractivity contribution < 1.29 is 14.3 Å². The summed E-state index contributed by atoms with van der Waals surface area (Å²) < 4.78 is 11.1. The largest absolute Gasteiger partial charge is 0.493 e. The number of H-pyrrole nitrogens is 1. The molecule has 1 aliphatic heterocycles. The molecule has 34 heavy (non-hydrogen) atoms. The third kappa shape index (κ3) is 4.74. The number of carbonyl (C=O) groups excluding carboxylic acids is 1. The molecule has 1 aromatic heterocycles. The van der Waals surface area contributed by atoms with Crippen molar-refractivity contribution >= 4 is 17.5 Å². The van der Waals surface area contributed by atoms with E-state index in [0.29, 0.717) is 48.3 Å². The van der Waals surface area contributed by atoms with Crippen LogP contribution in [0.3, 0.4) is 0 Å². The van der Waals surface area contributed by atoms with Crippen molar-refractivity contribution in [2.45, 2.75) is 34.1 Å². The van der Waals surface area contributed by atoms with Crippen LogP contribution in [-0.2, 0) is 16.0 Å². The van der Waals surface area contributed by atoms with Gasteiger partial charge in [0.1, 0.15) is 11.6 Å². The van der Waals surface area contributed by atoms with E-state index in [1.165, 1.54) is 0 Å². The number of nitrogens with one attached hydrogen (secondary N) is 4. The Morgan fingerprint density at radius 2 is 1.82 bits per heavy atom. The van der Waals surface area contributed by atoms with Crippen LogP contribution in [0, 0.1) is 5.41 Å². The van der Waals surface area contributed by atoms with E-state index in [1.54, 1.807) is 0 Å². The number of hydrazine groups is 2. The van der Waals surface area contributed by atoms with E-state index < -0.39 is 5.41 Å². The van der Waals surface area contributed by atoms with Gasteiger partial charge in [-0.1, -0.05) is 30.3 Å². The number of aromatic amines is 1. The van der Waals surface area contributed by atoms with E-state index in [9.17, 15) is 9.59 Å². The molecule has 3 aromatic rings. The van der Waals surface area contributed by atoms with Crippen LogP contribution >= 0.6 is 0 Å². The summed E-state index contributed by atoms with van der Waals surface area (Å²) in [5, 5.41) is 0. The van der Waals surface area contributed by atoms with E-state index >= 15 is 0 Å². The summed E-state index contributed by atoms with van der Waals surface area (Å²) in [4.78, 5) is 32.0. The molecular weight excluding hydrogens is 434 g/mol. The Balaban J connectivity index is 1.67. The first-order valence-corrected chi connectivity index (χ1v) is 11.3. The number of carbonyl (C=O) groups is 1. The van der Waals surface area contributed by atoms with Crippen molar-refractivity contribution in [3.63, 3.8) is 0 Å². The van der Waals surface area contributed by atoms with Crippen LogP contribution in [0.15, 0.2) is 47.3 Å². The number of esters is 1. The summed E-state index contributed by atoms with van der Waals surface area (Å²) in [6.07, 6.45) is 0.561. The molecule has 1 aliphatic rings. The Morgan fingerprint density at radius 1 is 1.03 bits per heavy atom. The molecule has 0 atom stereocenters. The molecule has 2 heterocycles. The van der Waals surface area contributed by atoms with E-state index in [-0.39, 0.29) is 11.5 Å². The van der Waals surface area contributed by atoms with Crippen LogP contribution in [0.5, 0.6) is 5.75 Å². The van der Waals surface area contributed by atoms with Gasteiger partial charge in [0.05, 0.1) is 24.2 Å². The van der Waals surface area contributed by atoms with Crippen molar-refractivity contribution in [3.05, 3.63) is 58.4 Å². The number of aromatic nitrogens is 2. The summed E-state index contributed by atoms with van der Waals surface area (Å²) in [6, 6.07) is 13.9. The molecule has 0 unspecified atom stereocenters. The number of ether oxygens (including phenoxy) is 2. The number of anilines is 2. The first-order chi connectivity index (χ1) is 16.3. The number of hydrogen-bond donors (Lipinski definition) is 4. The van der Waals surface area contributed by atoms with E-state index in [0.717, 1.165) is 16.7 Å². The predicted octanol–water partition coefficient (Wildman–Crippen LogP) is 3.89. The molecule has 9 nitrogen and oxygen atoms in total. The van der Waals surface area contributed by atoms with Gasteiger partial charge in [0.15, 0.2) is 11.5 Å². The first-order valence-electron chi connectivity index (χ1n) is 11.3. The topological polar surface area (TPSA) is 117 Å². The molecule has 0 aliphatic carbocycles. The first kappa shape index (κ1) is 23.3. The second kappa shape index (κ2) is 9.56. The molecule has 0 amide bonds. The number of rotatable bonds is 8. The van der Waals surface area contributed by atoms with Gasteiger partial charge in [-0.15, -0.1) is 5.53 Å². The lowest BCUT2D eigenvalue weighted by atomic mass is 9.85. The quantitative estimate of drug-likeness (QED) is 0.372. The molecule has 178 valence electrons. The lowest BCUT2D eigenvalue weighted by molar-refractivity contribution is -0.153. The lowest BCUT2D eigenvalue weighted by Gasteiger charge is -2.22. The van der Waals surface area contributed by atoms with Gasteiger partial charge in [-0.05, 0) is 62.9 Å². The molecule has 4 rings (SSSR count). The zero-order valence-electron chi connectivity index (χ0n) is 19.7. The second-order valence-corrected chi connectivity index (χ2v) is 8.64. The molecule has 0 bridgehead atoms. The Kier molecular flexibility index (Phi) is 6.56. The van der Waals surface area contributed by atoms with Crippen molar-refractivity contribution in [2.75, 3.05) is 24.1 Å². The third-order valence-electron chi connectivity index (χ3n) is 5.56. The summed E-state index contributed by atoms with van der Waals surface area (Å²) >= 11 is 0. The van der Waals surface area contributed by atoms with E-state index in [2.05, 4.69) is 32.4 Å². The fourth-order valence-corrected chi connectivity index (χ4v) is 3.90. The van der Waals surface area contributed by atoms with Gasteiger partial charge < -0.3 is 14.5 Å². The number of nitrogens with zero attached hydrogens (tertiary/aromatic N) is 1. The minimum Gasteiger partial charge on any atom is -0.493 e. The SMILES string of the molecule is CCOC(=O)C(C)(C)Cc1cccc(-c2ccc(-c3nc4c(c(=O)[nH]3)NNN4)c(OCC)c2)c1. The van der Waals surface area contributed by atoms with Gasteiger partial charge >= 0.3 is 5.97 Å². The zero-order chi connectivity index (χ0) is 24.3. The van der Waals surface area contributed by atoms with Crippen molar-refractivity contribution in [1.82, 2.24) is 15.5 Å². The van der Waals surface area contributed by atoms with Crippen LogP contribution in [0.2, 0.25) is 0 Å². The predicted molar refractivity (Wildman–Crippen MR) is 131 cm³/mol. The van der Waals surface area contributed by atoms with Gasteiger partial charge in [0.2, 0.25) is 0 Å². The molecule has 9 heteroatoms. The summed E-state index contributed by atoms with van der Waals surface area (Å²) in [5.74, 6) is 1.22. The second-order valence-electron chi connectivity index (χ2n) is 8.64. The molecule has 2 aromatic carbocycles. The molecular formula is C25H29N5O4. The Hall–Kier alpha value is -3.85. The number of hydrogen-bond acceptors (Lipinski definition) is 8. The van der Waals surface area contributed by atoms with Gasteiger partial charge in [-0.3, -0.25) is 20.4 Å². The molecule has 0 fully saturated rings. The summed E-state index contributed by atoms with van der Waals surface area (Å²) in [5.41, 5.74) is 11.3. The van der Waals surface area contributed by atoms with Crippen LogP contribution in [0.4, 0.5) is 11.5 Å². The average Bonchev–Trinajstić information content (AvgIpc) is 3.29. The van der Waals surface area contributed by atoms with Crippen molar-refractivity contribution in [1.29, 1.82) is 0 Å². The van der Waals surface area contributed by atoms with Crippen LogP contribution in [0.25, 0.3) is 22.5 Å². The normalized spacial score (nSPS) is 12.5. The van der Waals surface area contributed by atoms with Gasteiger partial charge in [0, 0.05) is 0 Å². The Bertz CT molecular complexity index is 1270. The van der Waals surface area contributed by atoms with Crippen molar-refractivity contribution in [3.8, 4) is 28.3 Å². The third-order valence-corrected chi connectivity index (χ3v) is 5.56. The van der Waals surface area contributed by atoms with Gasteiger partial charge in [-0.2, -0.15) is 0 Å². The van der Waals surface area contributed by atoms with Crippen LogP contribution in [0.1, 0.15) is 33.3 Å².